The summed E-state index contributed by atoms with van der Waals surface area (Å²) < 4.78 is 31.6. The van der Waals surface area contributed by atoms with Gasteiger partial charge < -0.3 is 9.84 Å². The maximum absolute atomic E-state index is 12.2. The molecule has 0 unspecified atom stereocenters. The molecule has 0 saturated carbocycles. The van der Waals surface area contributed by atoms with Crippen molar-refractivity contribution in [3.63, 3.8) is 0 Å². The van der Waals surface area contributed by atoms with Crippen LogP contribution in [0.15, 0.2) is 39.9 Å². The molecule has 6 nitrogen and oxygen atoms in total. The van der Waals surface area contributed by atoms with Crippen molar-refractivity contribution in [2.75, 3.05) is 7.11 Å². The minimum Gasteiger partial charge on any atom is -0.496 e. The molecule has 1 aromatic carbocycles. The van der Waals surface area contributed by atoms with E-state index in [1.54, 1.807) is 0 Å². The monoisotopic (exact) mass is 327 g/mol. The van der Waals surface area contributed by atoms with Gasteiger partial charge in [-0.25, -0.2) is 17.9 Å². The molecular weight excluding hydrogens is 314 g/mol. The van der Waals surface area contributed by atoms with Gasteiger partial charge >= 0.3 is 5.97 Å². The van der Waals surface area contributed by atoms with Crippen molar-refractivity contribution < 1.29 is 23.1 Å². The number of aromatic carboxylic acids is 1. The fourth-order valence-corrected chi connectivity index (χ4v) is 3.39. The highest BCUT2D eigenvalue weighted by molar-refractivity contribution is 7.89. The molecule has 1 heterocycles. The number of hydrogen-bond acceptors (Lipinski definition) is 5. The van der Waals surface area contributed by atoms with E-state index in [0.29, 0.717) is 0 Å². The van der Waals surface area contributed by atoms with Crippen LogP contribution in [0.2, 0.25) is 0 Å². The summed E-state index contributed by atoms with van der Waals surface area (Å²) in [5.74, 6) is -1.14. The predicted molar refractivity (Wildman–Crippen MR) is 78.3 cm³/mol. The number of ether oxygens (including phenoxy) is 1. The van der Waals surface area contributed by atoms with Gasteiger partial charge in [0.05, 0.1) is 12.0 Å². The summed E-state index contributed by atoms with van der Waals surface area (Å²) in [4.78, 5) is 11.0. The molecule has 0 aliphatic carbocycles. The first-order valence-electron chi connectivity index (χ1n) is 5.86. The van der Waals surface area contributed by atoms with Gasteiger partial charge in [0, 0.05) is 6.54 Å². The summed E-state index contributed by atoms with van der Waals surface area (Å²) in [6.07, 6.45) is 0. The van der Waals surface area contributed by atoms with Crippen LogP contribution in [0.1, 0.15) is 15.9 Å². The molecule has 1 aromatic heterocycles. The predicted octanol–water partition coefficient (Wildman–Crippen LogP) is 1.93. The molecule has 2 rings (SSSR count). The summed E-state index contributed by atoms with van der Waals surface area (Å²) in [6, 6.07) is 5.52. The average molecular weight is 327 g/mol. The third-order valence-corrected chi connectivity index (χ3v) is 4.89. The number of carboxylic acid groups (broad SMARTS) is 1. The van der Waals surface area contributed by atoms with Crippen LogP contribution >= 0.6 is 11.3 Å². The molecule has 0 amide bonds. The van der Waals surface area contributed by atoms with E-state index in [2.05, 4.69) is 4.72 Å². The van der Waals surface area contributed by atoms with E-state index in [1.807, 2.05) is 16.8 Å². The Kier molecular flexibility index (Phi) is 4.61. The molecule has 2 aromatic rings. The van der Waals surface area contributed by atoms with Crippen LogP contribution < -0.4 is 9.46 Å². The number of rotatable bonds is 6. The van der Waals surface area contributed by atoms with E-state index in [4.69, 9.17) is 9.84 Å². The molecule has 0 radical (unpaired) electrons. The van der Waals surface area contributed by atoms with Crippen molar-refractivity contribution >= 4 is 27.3 Å². The van der Waals surface area contributed by atoms with E-state index in [-0.39, 0.29) is 22.8 Å². The Morgan fingerprint density at radius 2 is 2.14 bits per heavy atom. The highest BCUT2D eigenvalue weighted by Crippen LogP contribution is 2.22. The van der Waals surface area contributed by atoms with Gasteiger partial charge in [0.25, 0.3) is 0 Å². The quantitative estimate of drug-likeness (QED) is 0.846. The zero-order valence-corrected chi connectivity index (χ0v) is 12.7. The molecule has 0 spiro atoms. The van der Waals surface area contributed by atoms with Gasteiger partial charge in [-0.15, -0.1) is 0 Å². The lowest BCUT2D eigenvalue weighted by molar-refractivity contribution is 0.0693. The first-order valence-corrected chi connectivity index (χ1v) is 8.28. The van der Waals surface area contributed by atoms with Crippen molar-refractivity contribution in [2.24, 2.45) is 0 Å². The normalized spacial score (nSPS) is 11.3. The van der Waals surface area contributed by atoms with Gasteiger partial charge in [-0.05, 0) is 40.6 Å². The minimum absolute atomic E-state index is 0.110. The molecule has 0 bridgehead atoms. The molecule has 0 aliphatic rings. The Labute approximate surface area is 126 Å². The van der Waals surface area contributed by atoms with Crippen LogP contribution in [-0.4, -0.2) is 26.6 Å². The van der Waals surface area contributed by atoms with Crippen LogP contribution in [0.4, 0.5) is 0 Å². The Bertz CT molecular complexity index is 738. The number of sulfonamides is 1. The molecule has 21 heavy (non-hydrogen) atoms. The second kappa shape index (κ2) is 6.25. The lowest BCUT2D eigenvalue weighted by Gasteiger charge is -2.09. The fourth-order valence-electron chi connectivity index (χ4n) is 1.68. The maximum Gasteiger partial charge on any atom is 0.339 e. The van der Waals surface area contributed by atoms with Gasteiger partial charge in [0.15, 0.2) is 0 Å². The Morgan fingerprint density at radius 1 is 1.38 bits per heavy atom. The van der Waals surface area contributed by atoms with E-state index in [9.17, 15) is 13.2 Å². The van der Waals surface area contributed by atoms with Crippen molar-refractivity contribution in [3.05, 3.63) is 46.2 Å². The van der Waals surface area contributed by atoms with Crippen molar-refractivity contribution in [2.45, 2.75) is 11.4 Å². The van der Waals surface area contributed by atoms with Gasteiger partial charge in [-0.1, -0.05) is 0 Å². The fraction of sp³-hybridized carbons (Fsp3) is 0.154. The van der Waals surface area contributed by atoms with Crippen molar-refractivity contribution in [1.82, 2.24) is 4.72 Å². The van der Waals surface area contributed by atoms with E-state index < -0.39 is 16.0 Å². The largest absolute Gasteiger partial charge is 0.496 e. The van der Waals surface area contributed by atoms with Crippen molar-refractivity contribution in [1.29, 1.82) is 0 Å². The smallest absolute Gasteiger partial charge is 0.339 e. The van der Waals surface area contributed by atoms with Gasteiger partial charge in [0.1, 0.15) is 11.3 Å². The Balaban J connectivity index is 2.27. The Hall–Kier alpha value is -1.90. The number of benzene rings is 1. The standard InChI is InChI=1S/C13H13NO5S2/c1-19-12-3-2-10(6-11(12)13(15)16)21(17,18)14-7-9-4-5-20-8-9/h2-6,8,14H,7H2,1H3,(H,15,16). The van der Waals surface area contributed by atoms with Crippen LogP contribution in [0.3, 0.4) is 0 Å². The second-order valence-corrected chi connectivity index (χ2v) is 6.67. The number of thiophene rings is 1. The van der Waals surface area contributed by atoms with E-state index in [1.165, 1.54) is 30.6 Å². The summed E-state index contributed by atoms with van der Waals surface area (Å²) in [5, 5.41) is 12.8. The van der Waals surface area contributed by atoms with Gasteiger partial charge in [-0.2, -0.15) is 11.3 Å². The highest BCUT2D eigenvalue weighted by atomic mass is 32.2. The van der Waals surface area contributed by atoms with Crippen LogP contribution in [0, 0.1) is 0 Å². The summed E-state index contributed by atoms with van der Waals surface area (Å²) in [5.41, 5.74) is 0.645. The SMILES string of the molecule is COc1ccc(S(=O)(=O)NCc2ccsc2)cc1C(=O)O. The first kappa shape index (κ1) is 15.5. The summed E-state index contributed by atoms with van der Waals surface area (Å²) in [7, 11) is -2.46. The summed E-state index contributed by atoms with van der Waals surface area (Å²) in [6.45, 7) is 0.153. The molecule has 8 heteroatoms. The molecule has 0 atom stereocenters. The molecule has 0 saturated heterocycles. The lowest BCUT2D eigenvalue weighted by Crippen LogP contribution is -2.23. The minimum atomic E-state index is -3.78. The number of carbonyl (C=O) groups is 1. The maximum atomic E-state index is 12.2. The topological polar surface area (TPSA) is 92.7 Å². The zero-order chi connectivity index (χ0) is 15.5. The van der Waals surface area contributed by atoms with Crippen molar-refractivity contribution in [3.8, 4) is 5.75 Å². The third kappa shape index (κ3) is 3.60. The van der Waals surface area contributed by atoms with Crippen LogP contribution in [-0.2, 0) is 16.6 Å². The number of carboxylic acids is 1. The van der Waals surface area contributed by atoms with Gasteiger partial charge in [0.2, 0.25) is 10.0 Å². The van der Waals surface area contributed by atoms with Crippen LogP contribution in [0.5, 0.6) is 5.75 Å². The van der Waals surface area contributed by atoms with Crippen LogP contribution in [0.25, 0.3) is 0 Å². The third-order valence-electron chi connectivity index (χ3n) is 2.76. The molecular formula is C13H13NO5S2. The Morgan fingerprint density at radius 3 is 2.71 bits per heavy atom. The number of hydrogen-bond donors (Lipinski definition) is 2. The van der Waals surface area contributed by atoms with Gasteiger partial charge in [-0.3, -0.25) is 0 Å². The average Bonchev–Trinajstić information content (AvgIpc) is 2.97. The first-order chi connectivity index (χ1) is 9.94. The molecule has 0 fully saturated rings. The highest BCUT2D eigenvalue weighted by Gasteiger charge is 2.19. The van der Waals surface area contributed by atoms with E-state index >= 15 is 0 Å². The lowest BCUT2D eigenvalue weighted by atomic mass is 10.2. The molecule has 112 valence electrons. The second-order valence-electron chi connectivity index (χ2n) is 4.12. The number of nitrogens with one attached hydrogen (secondary N) is 1. The van der Waals surface area contributed by atoms with E-state index in [0.717, 1.165) is 11.6 Å². The molecule has 0 aliphatic heterocycles. The number of methoxy groups -OCH3 is 1. The summed E-state index contributed by atoms with van der Waals surface area (Å²) >= 11 is 1.47. The zero-order valence-electron chi connectivity index (χ0n) is 11.1. The molecule has 2 N–H and O–H groups in total.